The van der Waals surface area contributed by atoms with Crippen molar-refractivity contribution >= 4 is 34.6 Å². The third-order valence-electron chi connectivity index (χ3n) is 3.53. The van der Waals surface area contributed by atoms with Crippen molar-refractivity contribution in [3.05, 3.63) is 64.9 Å². The van der Waals surface area contributed by atoms with Crippen LogP contribution in [0.15, 0.2) is 48.8 Å². The van der Waals surface area contributed by atoms with Gasteiger partial charge in [-0.05, 0) is 30.3 Å². The van der Waals surface area contributed by atoms with Crippen LogP contribution in [-0.2, 0) is 0 Å². The van der Waals surface area contributed by atoms with E-state index in [0.29, 0.717) is 22.3 Å². The molecule has 0 atom stereocenters. The topological polar surface area (TPSA) is 66.7 Å². The average molecular weight is 343 g/mol. The van der Waals surface area contributed by atoms with Crippen molar-refractivity contribution in [2.24, 2.45) is 0 Å². The van der Waals surface area contributed by atoms with Gasteiger partial charge in [-0.2, -0.15) is 5.10 Å². The van der Waals surface area contributed by atoms with Crippen LogP contribution in [0, 0.1) is 0 Å². The molecule has 3 aromatic rings. The van der Waals surface area contributed by atoms with Gasteiger partial charge in [0.2, 0.25) is 0 Å². The molecule has 2 heterocycles. The molecule has 0 aliphatic carbocycles. The van der Waals surface area contributed by atoms with Crippen molar-refractivity contribution in [2.75, 3.05) is 19.4 Å². The smallest absolute Gasteiger partial charge is 0.259 e. The Hall–Kier alpha value is -2.86. The minimum atomic E-state index is -0.293. The van der Waals surface area contributed by atoms with Gasteiger partial charge < -0.3 is 10.2 Å². The van der Waals surface area contributed by atoms with E-state index in [9.17, 15) is 9.59 Å². The fraction of sp³-hybridized carbons (Fsp3) is 0.118. The lowest BCUT2D eigenvalue weighted by atomic mass is 10.1. The van der Waals surface area contributed by atoms with E-state index in [-0.39, 0.29) is 16.8 Å². The second-order valence-electron chi connectivity index (χ2n) is 5.44. The summed E-state index contributed by atoms with van der Waals surface area (Å²) < 4.78 is 1.63. The molecule has 1 aromatic carbocycles. The fourth-order valence-corrected chi connectivity index (χ4v) is 2.58. The number of nitrogens with zero attached hydrogens (tertiary/aromatic N) is 3. The highest BCUT2D eigenvalue weighted by Crippen LogP contribution is 2.23. The second kappa shape index (κ2) is 6.33. The Labute approximate surface area is 143 Å². The maximum Gasteiger partial charge on any atom is 0.259 e. The van der Waals surface area contributed by atoms with Crippen LogP contribution in [0.5, 0.6) is 0 Å². The molecular weight excluding hydrogens is 328 g/mol. The van der Waals surface area contributed by atoms with Gasteiger partial charge in [0.1, 0.15) is 0 Å². The van der Waals surface area contributed by atoms with Crippen LogP contribution >= 0.6 is 11.6 Å². The number of benzene rings is 1. The lowest BCUT2D eigenvalue weighted by Crippen LogP contribution is -2.22. The molecule has 0 aliphatic rings. The number of pyridine rings is 1. The molecule has 122 valence electrons. The Morgan fingerprint density at radius 2 is 1.96 bits per heavy atom. The first-order valence-electron chi connectivity index (χ1n) is 7.22. The molecule has 6 nitrogen and oxygen atoms in total. The summed E-state index contributed by atoms with van der Waals surface area (Å²) in [5.41, 5.74) is 2.06. The van der Waals surface area contributed by atoms with Crippen molar-refractivity contribution < 1.29 is 9.59 Å². The Morgan fingerprint density at radius 1 is 1.17 bits per heavy atom. The van der Waals surface area contributed by atoms with E-state index in [1.54, 1.807) is 43.0 Å². The summed E-state index contributed by atoms with van der Waals surface area (Å²) in [5, 5.41) is 7.19. The average Bonchev–Trinajstić information content (AvgIpc) is 2.98. The number of amides is 2. The maximum absolute atomic E-state index is 12.4. The minimum absolute atomic E-state index is 0.194. The zero-order chi connectivity index (χ0) is 17.3. The number of hydrogen-bond donors (Lipinski definition) is 1. The summed E-state index contributed by atoms with van der Waals surface area (Å²) in [4.78, 5) is 25.9. The molecule has 2 aromatic heterocycles. The van der Waals surface area contributed by atoms with E-state index in [0.717, 1.165) is 0 Å². The van der Waals surface area contributed by atoms with E-state index >= 15 is 0 Å². The Bertz CT molecular complexity index is 933. The molecule has 0 unspecified atom stereocenters. The maximum atomic E-state index is 12.4. The van der Waals surface area contributed by atoms with Crippen LogP contribution < -0.4 is 5.32 Å². The third-order valence-corrected chi connectivity index (χ3v) is 3.85. The number of aromatic nitrogens is 2. The normalized spacial score (nSPS) is 10.6. The summed E-state index contributed by atoms with van der Waals surface area (Å²) in [6.07, 6.45) is 3.28. The molecule has 2 amide bonds. The Morgan fingerprint density at radius 3 is 2.67 bits per heavy atom. The number of fused-ring (bicyclic) bond motifs is 1. The van der Waals surface area contributed by atoms with Crippen molar-refractivity contribution in [3.8, 4) is 0 Å². The van der Waals surface area contributed by atoms with Crippen LogP contribution in [-0.4, -0.2) is 40.4 Å². The highest BCUT2D eigenvalue weighted by Gasteiger charge is 2.15. The van der Waals surface area contributed by atoms with E-state index in [1.165, 1.54) is 11.1 Å². The van der Waals surface area contributed by atoms with Gasteiger partial charge in [0, 0.05) is 26.0 Å². The van der Waals surface area contributed by atoms with Crippen LogP contribution in [0.2, 0.25) is 5.02 Å². The summed E-state index contributed by atoms with van der Waals surface area (Å²) in [6.45, 7) is 0. The summed E-state index contributed by atoms with van der Waals surface area (Å²) in [5.74, 6) is -0.487. The van der Waals surface area contributed by atoms with Crippen molar-refractivity contribution in [1.29, 1.82) is 0 Å². The van der Waals surface area contributed by atoms with E-state index in [2.05, 4.69) is 10.4 Å². The summed E-state index contributed by atoms with van der Waals surface area (Å²) in [7, 11) is 3.30. The molecule has 24 heavy (non-hydrogen) atoms. The molecule has 0 bridgehead atoms. The number of carbonyl (C=O) groups is 2. The van der Waals surface area contributed by atoms with Gasteiger partial charge in [-0.15, -0.1) is 0 Å². The molecule has 0 saturated carbocycles. The third kappa shape index (κ3) is 2.96. The fourth-order valence-electron chi connectivity index (χ4n) is 2.32. The predicted octanol–water partition coefficient (Wildman–Crippen LogP) is 2.94. The van der Waals surface area contributed by atoms with E-state index in [4.69, 9.17) is 11.6 Å². The first kappa shape index (κ1) is 16.0. The van der Waals surface area contributed by atoms with E-state index < -0.39 is 0 Å². The molecular formula is C17H15ClN4O2. The largest absolute Gasteiger partial charge is 0.345 e. The molecule has 0 spiro atoms. The Balaban J connectivity index is 1.85. The number of hydrogen-bond acceptors (Lipinski definition) is 3. The van der Waals surface area contributed by atoms with Gasteiger partial charge in [-0.25, -0.2) is 4.52 Å². The van der Waals surface area contributed by atoms with Gasteiger partial charge in [0.15, 0.2) is 0 Å². The van der Waals surface area contributed by atoms with Gasteiger partial charge in [-0.3, -0.25) is 9.59 Å². The number of nitrogens with one attached hydrogen (secondary N) is 1. The quantitative estimate of drug-likeness (QED) is 0.795. The SMILES string of the molecule is CN(C)C(=O)c1ccc(NC(=O)c2cnn3ccccc23)cc1Cl. The molecule has 1 N–H and O–H groups in total. The molecule has 0 radical (unpaired) electrons. The van der Waals surface area contributed by atoms with Gasteiger partial charge in [-0.1, -0.05) is 17.7 Å². The van der Waals surface area contributed by atoms with Gasteiger partial charge in [0.05, 0.1) is 27.9 Å². The predicted molar refractivity (Wildman–Crippen MR) is 92.6 cm³/mol. The summed E-state index contributed by atoms with van der Waals surface area (Å²) >= 11 is 6.16. The lowest BCUT2D eigenvalue weighted by molar-refractivity contribution is 0.0827. The molecule has 3 rings (SSSR count). The Kier molecular flexibility index (Phi) is 4.22. The molecule has 0 aliphatic heterocycles. The van der Waals surface area contributed by atoms with Crippen LogP contribution in [0.3, 0.4) is 0 Å². The van der Waals surface area contributed by atoms with Crippen molar-refractivity contribution in [2.45, 2.75) is 0 Å². The molecule has 0 fully saturated rings. The lowest BCUT2D eigenvalue weighted by Gasteiger charge is -2.12. The number of anilines is 1. The van der Waals surface area contributed by atoms with Crippen LogP contribution in [0.25, 0.3) is 5.52 Å². The summed E-state index contributed by atoms with van der Waals surface area (Å²) in [6, 6.07) is 10.3. The van der Waals surface area contributed by atoms with Crippen molar-refractivity contribution in [1.82, 2.24) is 14.5 Å². The van der Waals surface area contributed by atoms with Gasteiger partial charge >= 0.3 is 0 Å². The second-order valence-corrected chi connectivity index (χ2v) is 5.84. The monoisotopic (exact) mass is 342 g/mol. The first-order chi connectivity index (χ1) is 11.5. The molecule has 7 heteroatoms. The highest BCUT2D eigenvalue weighted by molar-refractivity contribution is 6.34. The number of rotatable bonds is 3. The first-order valence-corrected chi connectivity index (χ1v) is 7.60. The van der Waals surface area contributed by atoms with E-state index in [1.807, 2.05) is 18.2 Å². The molecule has 0 saturated heterocycles. The minimum Gasteiger partial charge on any atom is -0.345 e. The zero-order valence-electron chi connectivity index (χ0n) is 13.2. The van der Waals surface area contributed by atoms with Gasteiger partial charge in [0.25, 0.3) is 11.8 Å². The number of halogens is 1. The standard InChI is InChI=1S/C17H15ClN4O2/c1-21(2)17(24)12-7-6-11(9-14(12)18)20-16(23)13-10-19-22-8-4-3-5-15(13)22/h3-10H,1-2H3,(H,20,23). The van der Waals surface area contributed by atoms with Crippen molar-refractivity contribution in [3.63, 3.8) is 0 Å². The van der Waals surface area contributed by atoms with Crippen LogP contribution in [0.4, 0.5) is 5.69 Å². The number of carbonyl (C=O) groups excluding carboxylic acids is 2. The highest BCUT2D eigenvalue weighted by atomic mass is 35.5. The van der Waals surface area contributed by atoms with Crippen LogP contribution in [0.1, 0.15) is 20.7 Å². The zero-order valence-corrected chi connectivity index (χ0v) is 13.9.